The number of anilines is 1. The highest BCUT2D eigenvalue weighted by Gasteiger charge is 2.35. The van der Waals surface area contributed by atoms with Crippen LogP contribution in [0.3, 0.4) is 0 Å². The first-order valence-corrected chi connectivity index (χ1v) is 9.31. The molecule has 0 unspecified atom stereocenters. The zero-order chi connectivity index (χ0) is 17.9. The third-order valence-electron chi connectivity index (χ3n) is 4.39. The predicted octanol–water partition coefficient (Wildman–Crippen LogP) is 2.61. The Balaban J connectivity index is 1.58. The number of piperazine rings is 1. The van der Waals surface area contributed by atoms with E-state index in [2.05, 4.69) is 22.3 Å². The molecule has 0 bridgehead atoms. The van der Waals surface area contributed by atoms with Crippen molar-refractivity contribution in [1.82, 2.24) is 10.2 Å². The molecular formula is C19H23N3O2S. The average Bonchev–Trinajstić information content (AvgIpc) is 3.16. The molecule has 2 aromatic rings. The van der Waals surface area contributed by atoms with Gasteiger partial charge in [0.15, 0.2) is 0 Å². The molecule has 1 aliphatic rings. The molecule has 1 saturated heterocycles. The summed E-state index contributed by atoms with van der Waals surface area (Å²) in [6, 6.07) is 13.8. The molecule has 0 spiro atoms. The Morgan fingerprint density at radius 1 is 1.00 bits per heavy atom. The maximum absolute atomic E-state index is 12.9. The number of thiophene rings is 1. The largest absolute Gasteiger partial charge is 0.368 e. The van der Waals surface area contributed by atoms with Crippen molar-refractivity contribution in [2.45, 2.75) is 19.4 Å². The van der Waals surface area contributed by atoms with Crippen LogP contribution in [0.25, 0.3) is 0 Å². The molecule has 132 valence electrons. The number of rotatable bonds is 4. The van der Waals surface area contributed by atoms with Crippen molar-refractivity contribution in [3.63, 3.8) is 0 Å². The molecule has 6 heteroatoms. The van der Waals surface area contributed by atoms with Gasteiger partial charge in [0.1, 0.15) is 5.54 Å². The van der Waals surface area contributed by atoms with E-state index in [4.69, 9.17) is 0 Å². The predicted molar refractivity (Wildman–Crippen MR) is 101 cm³/mol. The van der Waals surface area contributed by atoms with Crippen LogP contribution in [0.4, 0.5) is 5.69 Å². The van der Waals surface area contributed by atoms with E-state index in [9.17, 15) is 9.59 Å². The van der Waals surface area contributed by atoms with E-state index < -0.39 is 5.54 Å². The number of nitrogens with zero attached hydrogens (tertiary/aromatic N) is 2. The van der Waals surface area contributed by atoms with Gasteiger partial charge in [-0.25, -0.2) is 0 Å². The summed E-state index contributed by atoms with van der Waals surface area (Å²) in [5, 5.41) is 4.72. The summed E-state index contributed by atoms with van der Waals surface area (Å²) in [6.45, 7) is 6.45. The molecule has 1 fully saturated rings. The summed E-state index contributed by atoms with van der Waals surface area (Å²) in [6.07, 6.45) is 0. The van der Waals surface area contributed by atoms with Crippen LogP contribution in [-0.4, -0.2) is 48.4 Å². The summed E-state index contributed by atoms with van der Waals surface area (Å²) in [4.78, 5) is 29.9. The number of amides is 2. The van der Waals surface area contributed by atoms with Crippen LogP contribution in [0.5, 0.6) is 0 Å². The van der Waals surface area contributed by atoms with Gasteiger partial charge in [-0.2, -0.15) is 0 Å². The second-order valence-electron chi connectivity index (χ2n) is 6.67. The van der Waals surface area contributed by atoms with Crippen molar-refractivity contribution in [1.29, 1.82) is 0 Å². The van der Waals surface area contributed by atoms with E-state index in [1.54, 1.807) is 19.9 Å². The van der Waals surface area contributed by atoms with Gasteiger partial charge < -0.3 is 15.1 Å². The second-order valence-corrected chi connectivity index (χ2v) is 7.62. The lowest BCUT2D eigenvalue weighted by molar-refractivity contribution is -0.137. The highest BCUT2D eigenvalue weighted by atomic mass is 32.1. The fourth-order valence-corrected chi connectivity index (χ4v) is 3.63. The Bertz CT molecular complexity index is 720. The summed E-state index contributed by atoms with van der Waals surface area (Å²) in [5.74, 6) is -0.235. The van der Waals surface area contributed by atoms with Gasteiger partial charge in [0.25, 0.3) is 5.91 Å². The SMILES string of the molecule is CC(C)(NC(=O)c1cccs1)C(=O)N1CCN(c2ccccc2)CC1. The van der Waals surface area contributed by atoms with Gasteiger partial charge in [-0.15, -0.1) is 11.3 Å². The number of carbonyl (C=O) groups excluding carboxylic acids is 2. The molecule has 3 rings (SSSR count). The molecule has 2 heterocycles. The number of carbonyl (C=O) groups is 2. The van der Waals surface area contributed by atoms with Crippen molar-refractivity contribution in [2.75, 3.05) is 31.1 Å². The Kier molecular flexibility index (Phi) is 5.08. The van der Waals surface area contributed by atoms with Gasteiger partial charge in [0, 0.05) is 31.9 Å². The Hall–Kier alpha value is -2.34. The summed E-state index contributed by atoms with van der Waals surface area (Å²) >= 11 is 1.37. The number of para-hydroxylation sites is 1. The first-order valence-electron chi connectivity index (χ1n) is 8.43. The van der Waals surface area contributed by atoms with Crippen molar-refractivity contribution >= 4 is 28.8 Å². The standard InChI is InChI=1S/C19H23N3O2S/c1-19(2,20-17(23)16-9-6-14-25-16)18(24)22-12-10-21(11-13-22)15-7-4-3-5-8-15/h3-9,14H,10-13H2,1-2H3,(H,20,23). The zero-order valence-corrected chi connectivity index (χ0v) is 15.4. The second kappa shape index (κ2) is 7.27. The topological polar surface area (TPSA) is 52.7 Å². The first kappa shape index (κ1) is 17.5. The number of hydrogen-bond acceptors (Lipinski definition) is 4. The molecule has 1 aliphatic heterocycles. The quantitative estimate of drug-likeness (QED) is 0.915. The third kappa shape index (κ3) is 4.02. The Morgan fingerprint density at radius 2 is 1.68 bits per heavy atom. The number of hydrogen-bond donors (Lipinski definition) is 1. The lowest BCUT2D eigenvalue weighted by Gasteiger charge is -2.39. The molecule has 0 aliphatic carbocycles. The normalized spacial score (nSPS) is 15.1. The van der Waals surface area contributed by atoms with Crippen LogP contribution < -0.4 is 10.2 Å². The first-order chi connectivity index (χ1) is 12.0. The van der Waals surface area contributed by atoms with Crippen LogP contribution in [0.15, 0.2) is 47.8 Å². The molecule has 1 aromatic carbocycles. The summed E-state index contributed by atoms with van der Waals surface area (Å²) in [5.41, 5.74) is 0.260. The minimum absolute atomic E-state index is 0.0369. The minimum Gasteiger partial charge on any atom is -0.368 e. The average molecular weight is 357 g/mol. The maximum atomic E-state index is 12.9. The van der Waals surface area contributed by atoms with E-state index in [-0.39, 0.29) is 11.8 Å². The van der Waals surface area contributed by atoms with Crippen molar-refractivity contribution in [3.8, 4) is 0 Å². The van der Waals surface area contributed by atoms with Crippen LogP contribution in [-0.2, 0) is 4.79 Å². The van der Waals surface area contributed by atoms with Gasteiger partial charge in [-0.3, -0.25) is 9.59 Å². The highest BCUT2D eigenvalue weighted by molar-refractivity contribution is 7.12. The van der Waals surface area contributed by atoms with Gasteiger partial charge in [-0.05, 0) is 37.4 Å². The molecular weight excluding hydrogens is 334 g/mol. The van der Waals surface area contributed by atoms with Crippen LogP contribution in [0.1, 0.15) is 23.5 Å². The minimum atomic E-state index is -0.921. The maximum Gasteiger partial charge on any atom is 0.262 e. The molecule has 2 amide bonds. The fraction of sp³-hybridized carbons (Fsp3) is 0.368. The highest BCUT2D eigenvalue weighted by Crippen LogP contribution is 2.18. The lowest BCUT2D eigenvalue weighted by Crippen LogP contribution is -2.59. The molecule has 1 N–H and O–H groups in total. The van der Waals surface area contributed by atoms with Gasteiger partial charge in [-0.1, -0.05) is 24.3 Å². The molecule has 0 saturated carbocycles. The molecule has 1 aromatic heterocycles. The van der Waals surface area contributed by atoms with E-state index in [1.807, 2.05) is 34.5 Å². The van der Waals surface area contributed by atoms with E-state index in [0.717, 1.165) is 13.1 Å². The fourth-order valence-electron chi connectivity index (χ4n) is 3.01. The Labute approximate surface area is 152 Å². The molecule has 5 nitrogen and oxygen atoms in total. The zero-order valence-electron chi connectivity index (χ0n) is 14.6. The van der Waals surface area contributed by atoms with Gasteiger partial charge in [0.05, 0.1) is 4.88 Å². The van der Waals surface area contributed by atoms with Crippen LogP contribution in [0.2, 0.25) is 0 Å². The van der Waals surface area contributed by atoms with E-state index >= 15 is 0 Å². The summed E-state index contributed by atoms with van der Waals surface area (Å²) < 4.78 is 0. The molecule has 0 atom stereocenters. The van der Waals surface area contributed by atoms with Gasteiger partial charge in [0.2, 0.25) is 5.91 Å². The summed E-state index contributed by atoms with van der Waals surface area (Å²) in [7, 11) is 0. The van der Waals surface area contributed by atoms with Crippen LogP contribution >= 0.6 is 11.3 Å². The van der Waals surface area contributed by atoms with Crippen molar-refractivity contribution < 1.29 is 9.59 Å². The third-order valence-corrected chi connectivity index (χ3v) is 5.26. The molecule has 0 radical (unpaired) electrons. The number of benzene rings is 1. The smallest absolute Gasteiger partial charge is 0.262 e. The number of nitrogens with one attached hydrogen (secondary N) is 1. The van der Waals surface area contributed by atoms with Crippen molar-refractivity contribution in [2.24, 2.45) is 0 Å². The monoisotopic (exact) mass is 357 g/mol. The van der Waals surface area contributed by atoms with Crippen LogP contribution in [0, 0.1) is 0 Å². The van der Waals surface area contributed by atoms with E-state index in [1.165, 1.54) is 17.0 Å². The van der Waals surface area contributed by atoms with E-state index in [0.29, 0.717) is 18.0 Å². The Morgan fingerprint density at radius 3 is 2.28 bits per heavy atom. The van der Waals surface area contributed by atoms with Gasteiger partial charge >= 0.3 is 0 Å². The van der Waals surface area contributed by atoms with Crippen molar-refractivity contribution in [3.05, 3.63) is 52.7 Å². The lowest BCUT2D eigenvalue weighted by atomic mass is 10.0. The molecule has 25 heavy (non-hydrogen) atoms.